The molecule has 0 radical (unpaired) electrons. The van der Waals surface area contributed by atoms with Crippen molar-refractivity contribution in [3.05, 3.63) is 71.8 Å². The molecule has 2 aromatic carbocycles. The van der Waals surface area contributed by atoms with Gasteiger partial charge >= 0.3 is 0 Å². The summed E-state index contributed by atoms with van der Waals surface area (Å²) in [5, 5.41) is 9.87. The number of aryl methyl sites for hydroxylation is 1. The Morgan fingerprint density at radius 1 is 1.09 bits per heavy atom. The lowest BCUT2D eigenvalue weighted by Gasteiger charge is -2.34. The van der Waals surface area contributed by atoms with Crippen LogP contribution in [0.15, 0.2) is 60.7 Å². The molecule has 2 aromatic rings. The van der Waals surface area contributed by atoms with E-state index < -0.39 is 5.41 Å². The van der Waals surface area contributed by atoms with Crippen molar-refractivity contribution in [3.63, 3.8) is 0 Å². The Morgan fingerprint density at radius 2 is 1.65 bits per heavy atom. The molecule has 0 fully saturated rings. The molecule has 2 atom stereocenters. The van der Waals surface area contributed by atoms with E-state index in [-0.39, 0.29) is 18.4 Å². The molecule has 0 saturated carbocycles. The second kappa shape index (κ2) is 7.93. The van der Waals surface area contributed by atoms with E-state index in [9.17, 15) is 9.90 Å². The maximum Gasteiger partial charge on any atom is 0.224 e. The second-order valence-corrected chi connectivity index (χ2v) is 6.27. The number of carbonyl (C=O) groups excluding carboxylic acids is 1. The first-order valence-corrected chi connectivity index (χ1v) is 8.07. The molecule has 1 amide bonds. The summed E-state index contributed by atoms with van der Waals surface area (Å²) in [5.41, 5.74) is 7.16. The molecule has 122 valence electrons. The summed E-state index contributed by atoms with van der Waals surface area (Å²) in [6.07, 6.45) is 2.40. The third-order valence-electron chi connectivity index (χ3n) is 4.72. The minimum atomic E-state index is -0.759. The summed E-state index contributed by atoms with van der Waals surface area (Å²) >= 11 is 0. The van der Waals surface area contributed by atoms with Crippen LogP contribution in [0.3, 0.4) is 0 Å². The van der Waals surface area contributed by atoms with Crippen LogP contribution in [0.2, 0.25) is 0 Å². The number of rotatable bonds is 8. The lowest BCUT2D eigenvalue weighted by atomic mass is 9.70. The van der Waals surface area contributed by atoms with Gasteiger partial charge in [0.15, 0.2) is 0 Å². The van der Waals surface area contributed by atoms with Crippen molar-refractivity contribution in [2.45, 2.75) is 32.1 Å². The van der Waals surface area contributed by atoms with Crippen LogP contribution in [0.5, 0.6) is 0 Å². The third kappa shape index (κ3) is 4.20. The number of hydrogen-bond acceptors (Lipinski definition) is 2. The van der Waals surface area contributed by atoms with Gasteiger partial charge in [-0.05, 0) is 30.4 Å². The number of aliphatic hydroxyl groups excluding tert-OH is 1. The number of carbonyl (C=O) groups is 1. The lowest BCUT2D eigenvalue weighted by molar-refractivity contribution is -0.129. The van der Waals surface area contributed by atoms with Crippen LogP contribution < -0.4 is 5.73 Å². The summed E-state index contributed by atoms with van der Waals surface area (Å²) < 4.78 is 0. The zero-order chi connectivity index (χ0) is 16.7. The SMILES string of the molecule is CC(CCCc1ccccc1)(C(N)=O)C(CO)c1ccccc1. The Labute approximate surface area is 138 Å². The van der Waals surface area contributed by atoms with Gasteiger partial charge in [-0.25, -0.2) is 0 Å². The van der Waals surface area contributed by atoms with Gasteiger partial charge in [0.2, 0.25) is 5.91 Å². The highest BCUT2D eigenvalue weighted by Gasteiger charge is 2.39. The van der Waals surface area contributed by atoms with Crippen LogP contribution in [-0.2, 0) is 11.2 Å². The summed E-state index contributed by atoms with van der Waals surface area (Å²) in [5.74, 6) is -0.634. The summed E-state index contributed by atoms with van der Waals surface area (Å²) in [6.45, 7) is 1.78. The normalized spacial score (nSPS) is 14.9. The highest BCUT2D eigenvalue weighted by atomic mass is 16.3. The summed E-state index contributed by atoms with van der Waals surface area (Å²) in [7, 11) is 0. The first-order chi connectivity index (χ1) is 11.1. The Hall–Kier alpha value is -2.13. The molecule has 0 bridgehead atoms. The highest BCUT2D eigenvalue weighted by Crippen LogP contribution is 2.39. The van der Waals surface area contributed by atoms with Gasteiger partial charge in [0.05, 0.1) is 12.0 Å². The molecular formula is C20H25NO2. The minimum Gasteiger partial charge on any atom is -0.396 e. The fourth-order valence-electron chi connectivity index (χ4n) is 3.13. The zero-order valence-corrected chi connectivity index (χ0v) is 13.6. The van der Waals surface area contributed by atoms with Gasteiger partial charge in [-0.1, -0.05) is 67.6 Å². The Bertz CT molecular complexity index is 612. The summed E-state index contributed by atoms with van der Waals surface area (Å²) in [4.78, 5) is 12.1. The molecule has 0 aliphatic heterocycles. The van der Waals surface area contributed by atoms with Crippen molar-refractivity contribution in [2.24, 2.45) is 11.1 Å². The maximum atomic E-state index is 12.1. The topological polar surface area (TPSA) is 63.3 Å². The Kier molecular flexibility index (Phi) is 5.94. The van der Waals surface area contributed by atoms with Crippen molar-refractivity contribution in [3.8, 4) is 0 Å². The number of aliphatic hydroxyl groups is 1. The van der Waals surface area contributed by atoms with Crippen LogP contribution in [0.1, 0.15) is 36.8 Å². The predicted molar refractivity (Wildman–Crippen MR) is 93.0 cm³/mol. The van der Waals surface area contributed by atoms with Gasteiger partial charge in [-0.3, -0.25) is 4.79 Å². The first kappa shape index (κ1) is 17.2. The van der Waals surface area contributed by atoms with Gasteiger partial charge in [0.1, 0.15) is 0 Å². The van der Waals surface area contributed by atoms with Gasteiger partial charge in [0.25, 0.3) is 0 Å². The van der Waals surface area contributed by atoms with Gasteiger partial charge < -0.3 is 10.8 Å². The Morgan fingerprint density at radius 3 is 2.17 bits per heavy atom. The fourth-order valence-corrected chi connectivity index (χ4v) is 3.13. The van der Waals surface area contributed by atoms with Gasteiger partial charge in [-0.2, -0.15) is 0 Å². The Balaban J connectivity index is 2.12. The molecule has 0 aliphatic rings. The quantitative estimate of drug-likeness (QED) is 0.786. The van der Waals surface area contributed by atoms with Crippen molar-refractivity contribution in [1.29, 1.82) is 0 Å². The molecule has 3 heteroatoms. The average molecular weight is 311 g/mol. The van der Waals surface area contributed by atoms with E-state index in [0.29, 0.717) is 6.42 Å². The molecule has 0 saturated heterocycles. The minimum absolute atomic E-state index is 0.0885. The average Bonchev–Trinajstić information content (AvgIpc) is 2.57. The molecule has 2 unspecified atom stereocenters. The molecule has 0 aromatic heterocycles. The van der Waals surface area contributed by atoms with Gasteiger partial charge in [-0.15, -0.1) is 0 Å². The molecule has 3 nitrogen and oxygen atoms in total. The van der Waals surface area contributed by atoms with Gasteiger partial charge in [0, 0.05) is 5.92 Å². The highest BCUT2D eigenvalue weighted by molar-refractivity contribution is 5.81. The maximum absolute atomic E-state index is 12.1. The van der Waals surface area contributed by atoms with Crippen LogP contribution in [-0.4, -0.2) is 17.6 Å². The third-order valence-corrected chi connectivity index (χ3v) is 4.72. The smallest absolute Gasteiger partial charge is 0.224 e. The second-order valence-electron chi connectivity index (χ2n) is 6.27. The fraction of sp³-hybridized carbons (Fsp3) is 0.350. The molecular weight excluding hydrogens is 286 g/mol. The van der Waals surface area contributed by atoms with Crippen LogP contribution >= 0.6 is 0 Å². The van der Waals surface area contributed by atoms with E-state index in [2.05, 4.69) is 12.1 Å². The van der Waals surface area contributed by atoms with Crippen LogP contribution in [0.4, 0.5) is 0 Å². The first-order valence-electron chi connectivity index (χ1n) is 8.07. The molecule has 0 heterocycles. The van der Waals surface area contributed by atoms with Crippen molar-refractivity contribution >= 4 is 5.91 Å². The molecule has 23 heavy (non-hydrogen) atoms. The summed E-state index contributed by atoms with van der Waals surface area (Å²) in [6, 6.07) is 19.9. The van der Waals surface area contributed by atoms with E-state index in [4.69, 9.17) is 5.73 Å². The number of hydrogen-bond donors (Lipinski definition) is 2. The zero-order valence-electron chi connectivity index (χ0n) is 13.6. The van der Waals surface area contributed by atoms with Crippen LogP contribution in [0.25, 0.3) is 0 Å². The van der Waals surface area contributed by atoms with E-state index in [1.54, 1.807) is 0 Å². The van der Waals surface area contributed by atoms with E-state index in [0.717, 1.165) is 18.4 Å². The standard InChI is InChI=1S/C20H25NO2/c1-20(19(21)23,14-8-11-16-9-4-2-5-10-16)18(15-22)17-12-6-3-7-13-17/h2-7,9-10,12-13,18,22H,8,11,14-15H2,1H3,(H2,21,23). The van der Waals surface area contributed by atoms with E-state index in [1.807, 2.05) is 55.5 Å². The monoisotopic (exact) mass is 311 g/mol. The largest absolute Gasteiger partial charge is 0.396 e. The van der Waals surface area contributed by atoms with E-state index in [1.165, 1.54) is 5.56 Å². The number of nitrogens with two attached hydrogens (primary N) is 1. The van der Waals surface area contributed by atoms with Crippen molar-refractivity contribution in [1.82, 2.24) is 0 Å². The number of benzene rings is 2. The molecule has 0 spiro atoms. The lowest BCUT2D eigenvalue weighted by Crippen LogP contribution is -2.41. The number of amides is 1. The van der Waals surface area contributed by atoms with Crippen molar-refractivity contribution in [2.75, 3.05) is 6.61 Å². The van der Waals surface area contributed by atoms with Crippen molar-refractivity contribution < 1.29 is 9.90 Å². The predicted octanol–water partition coefficient (Wildman–Crippen LogP) is 3.28. The number of primary amides is 1. The van der Waals surface area contributed by atoms with E-state index >= 15 is 0 Å². The van der Waals surface area contributed by atoms with Crippen LogP contribution in [0, 0.1) is 5.41 Å². The molecule has 2 rings (SSSR count). The molecule has 3 N–H and O–H groups in total. The molecule has 0 aliphatic carbocycles.